The van der Waals surface area contributed by atoms with Crippen LogP contribution in [0.3, 0.4) is 0 Å². The number of benzene rings is 1. The van der Waals surface area contributed by atoms with Crippen molar-refractivity contribution in [3.05, 3.63) is 24.3 Å². The summed E-state index contributed by atoms with van der Waals surface area (Å²) in [6.45, 7) is 5.16. The van der Waals surface area contributed by atoms with Crippen LogP contribution >= 0.6 is 0 Å². The van der Waals surface area contributed by atoms with Crippen molar-refractivity contribution in [3.63, 3.8) is 0 Å². The molecule has 2 aromatic rings. The van der Waals surface area contributed by atoms with Gasteiger partial charge >= 0.3 is 0 Å². The van der Waals surface area contributed by atoms with Gasteiger partial charge in [-0.05, 0) is 25.0 Å². The van der Waals surface area contributed by atoms with Crippen LogP contribution in [0.2, 0.25) is 0 Å². The van der Waals surface area contributed by atoms with Gasteiger partial charge in [0.2, 0.25) is 5.95 Å². The first-order chi connectivity index (χ1) is 8.73. The van der Waals surface area contributed by atoms with E-state index in [-0.39, 0.29) is 12.0 Å². The van der Waals surface area contributed by atoms with Crippen LogP contribution in [0.4, 0.5) is 5.95 Å². The van der Waals surface area contributed by atoms with Gasteiger partial charge in [0, 0.05) is 12.0 Å². The summed E-state index contributed by atoms with van der Waals surface area (Å²) in [5.41, 5.74) is 1.93. The van der Waals surface area contributed by atoms with Gasteiger partial charge in [0.15, 0.2) is 0 Å². The van der Waals surface area contributed by atoms with Crippen LogP contribution in [0.5, 0.6) is 0 Å². The minimum absolute atomic E-state index is 0.0566. The number of para-hydroxylation sites is 2. The van der Waals surface area contributed by atoms with Crippen molar-refractivity contribution in [3.8, 4) is 0 Å². The molecule has 18 heavy (non-hydrogen) atoms. The lowest BCUT2D eigenvalue weighted by molar-refractivity contribution is 0.127. The first-order valence-electron chi connectivity index (χ1n) is 6.52. The lowest BCUT2D eigenvalue weighted by Gasteiger charge is -2.29. The van der Waals surface area contributed by atoms with E-state index in [1.165, 1.54) is 0 Å². The molecule has 4 heteroatoms. The molecule has 0 bridgehead atoms. The van der Waals surface area contributed by atoms with Gasteiger partial charge in [0.05, 0.1) is 17.6 Å². The number of imidazole rings is 1. The summed E-state index contributed by atoms with van der Waals surface area (Å²) in [6.07, 6.45) is 1.90. The molecule has 0 spiro atoms. The van der Waals surface area contributed by atoms with Gasteiger partial charge in [-0.25, -0.2) is 4.98 Å². The molecule has 0 aliphatic rings. The van der Waals surface area contributed by atoms with Crippen molar-refractivity contribution in [1.82, 2.24) is 9.97 Å². The summed E-state index contributed by atoms with van der Waals surface area (Å²) < 4.78 is 0. The van der Waals surface area contributed by atoms with Gasteiger partial charge in [-0.15, -0.1) is 0 Å². The Morgan fingerprint density at radius 2 is 2.00 bits per heavy atom. The molecule has 0 aliphatic heterocycles. The average molecular weight is 247 g/mol. The van der Waals surface area contributed by atoms with Crippen LogP contribution in [-0.2, 0) is 0 Å². The van der Waals surface area contributed by atoms with Crippen LogP contribution in [0.15, 0.2) is 24.3 Å². The second kappa shape index (κ2) is 5.40. The van der Waals surface area contributed by atoms with Crippen molar-refractivity contribution < 1.29 is 5.11 Å². The number of hydrogen-bond donors (Lipinski definition) is 3. The molecule has 4 nitrogen and oxygen atoms in total. The third-order valence-electron chi connectivity index (χ3n) is 3.86. The van der Waals surface area contributed by atoms with Crippen molar-refractivity contribution in [2.75, 3.05) is 18.5 Å². The largest absolute Gasteiger partial charge is 0.396 e. The molecule has 98 valence electrons. The number of H-pyrrole nitrogens is 1. The predicted octanol–water partition coefficient (Wildman–Crippen LogP) is 2.77. The SMILES string of the molecule is CCC(CC)(CO)CNc1nc2ccccc2[nH]1. The van der Waals surface area contributed by atoms with Crippen LogP contribution in [-0.4, -0.2) is 28.2 Å². The Balaban J connectivity index is 2.09. The number of nitrogens with zero attached hydrogens (tertiary/aromatic N) is 1. The average Bonchev–Trinajstić information content (AvgIpc) is 2.84. The molecule has 0 radical (unpaired) electrons. The summed E-state index contributed by atoms with van der Waals surface area (Å²) in [7, 11) is 0. The van der Waals surface area contributed by atoms with Crippen molar-refractivity contribution in [2.45, 2.75) is 26.7 Å². The molecule has 0 atom stereocenters. The minimum atomic E-state index is -0.0566. The highest BCUT2D eigenvalue weighted by molar-refractivity contribution is 5.77. The number of aliphatic hydroxyl groups excluding tert-OH is 1. The number of anilines is 1. The number of rotatable bonds is 6. The molecule has 1 aromatic carbocycles. The van der Waals surface area contributed by atoms with E-state index in [1.807, 2.05) is 24.3 Å². The third-order valence-corrected chi connectivity index (χ3v) is 3.86. The second-order valence-corrected chi connectivity index (χ2v) is 4.82. The zero-order chi connectivity index (χ0) is 13.0. The van der Waals surface area contributed by atoms with Gasteiger partial charge in [0.1, 0.15) is 0 Å². The van der Waals surface area contributed by atoms with Gasteiger partial charge in [-0.1, -0.05) is 26.0 Å². The smallest absolute Gasteiger partial charge is 0.201 e. The maximum atomic E-state index is 9.52. The molecule has 1 heterocycles. The maximum Gasteiger partial charge on any atom is 0.201 e. The molecule has 2 rings (SSSR count). The summed E-state index contributed by atoms with van der Waals surface area (Å²) >= 11 is 0. The molecule has 0 saturated carbocycles. The van der Waals surface area contributed by atoms with Gasteiger partial charge < -0.3 is 15.4 Å². The number of aromatic amines is 1. The van der Waals surface area contributed by atoms with Crippen LogP contribution in [0, 0.1) is 5.41 Å². The normalized spacial score (nSPS) is 11.9. The molecule has 0 unspecified atom stereocenters. The zero-order valence-corrected chi connectivity index (χ0v) is 11.0. The lowest BCUT2D eigenvalue weighted by atomic mass is 9.83. The van der Waals surface area contributed by atoms with Crippen molar-refractivity contribution in [1.29, 1.82) is 0 Å². The van der Waals surface area contributed by atoms with E-state index in [1.54, 1.807) is 0 Å². The molecular weight excluding hydrogens is 226 g/mol. The van der Waals surface area contributed by atoms with Crippen LogP contribution in [0.25, 0.3) is 11.0 Å². The quantitative estimate of drug-likeness (QED) is 0.735. The van der Waals surface area contributed by atoms with E-state index in [0.717, 1.165) is 36.4 Å². The van der Waals surface area contributed by atoms with E-state index in [2.05, 4.69) is 29.1 Å². The Morgan fingerprint density at radius 1 is 1.28 bits per heavy atom. The molecule has 0 amide bonds. The Hall–Kier alpha value is -1.55. The number of hydrogen-bond acceptors (Lipinski definition) is 3. The molecule has 0 aliphatic carbocycles. The standard InChI is InChI=1S/C14H21N3O/c1-3-14(4-2,10-18)9-15-13-16-11-7-5-6-8-12(11)17-13/h5-8,18H,3-4,9-10H2,1-2H3,(H2,15,16,17). The van der Waals surface area contributed by atoms with Crippen molar-refractivity contribution in [2.24, 2.45) is 5.41 Å². The third kappa shape index (κ3) is 2.48. The summed E-state index contributed by atoms with van der Waals surface area (Å²) in [5.74, 6) is 0.774. The lowest BCUT2D eigenvalue weighted by Crippen LogP contribution is -2.32. The number of aliphatic hydroxyl groups is 1. The second-order valence-electron chi connectivity index (χ2n) is 4.82. The van der Waals surface area contributed by atoms with Crippen LogP contribution < -0.4 is 5.32 Å². The van der Waals surface area contributed by atoms with E-state index < -0.39 is 0 Å². The predicted molar refractivity (Wildman–Crippen MR) is 74.7 cm³/mol. The fourth-order valence-electron chi connectivity index (χ4n) is 2.09. The topological polar surface area (TPSA) is 60.9 Å². The van der Waals surface area contributed by atoms with Gasteiger partial charge in [0.25, 0.3) is 0 Å². The number of aromatic nitrogens is 2. The van der Waals surface area contributed by atoms with E-state index >= 15 is 0 Å². The van der Waals surface area contributed by atoms with Crippen LogP contribution in [0.1, 0.15) is 26.7 Å². The summed E-state index contributed by atoms with van der Waals surface area (Å²) in [5, 5.41) is 12.8. The Morgan fingerprint density at radius 3 is 2.61 bits per heavy atom. The molecular formula is C14H21N3O. The van der Waals surface area contributed by atoms with Crippen molar-refractivity contribution >= 4 is 17.0 Å². The monoisotopic (exact) mass is 247 g/mol. The zero-order valence-electron chi connectivity index (χ0n) is 11.0. The van der Waals surface area contributed by atoms with E-state index in [4.69, 9.17) is 0 Å². The Bertz CT molecular complexity index is 461. The molecule has 0 fully saturated rings. The highest BCUT2D eigenvalue weighted by Gasteiger charge is 2.25. The van der Waals surface area contributed by atoms with E-state index in [9.17, 15) is 5.11 Å². The van der Waals surface area contributed by atoms with Gasteiger partial charge in [-0.2, -0.15) is 0 Å². The van der Waals surface area contributed by atoms with Gasteiger partial charge in [-0.3, -0.25) is 0 Å². The summed E-state index contributed by atoms with van der Waals surface area (Å²) in [6, 6.07) is 7.95. The summed E-state index contributed by atoms with van der Waals surface area (Å²) in [4.78, 5) is 7.71. The molecule has 3 N–H and O–H groups in total. The fourth-order valence-corrected chi connectivity index (χ4v) is 2.09. The number of fused-ring (bicyclic) bond motifs is 1. The Kier molecular flexibility index (Phi) is 3.87. The first-order valence-corrected chi connectivity index (χ1v) is 6.52. The molecule has 0 saturated heterocycles. The maximum absolute atomic E-state index is 9.52. The number of nitrogens with one attached hydrogen (secondary N) is 2. The fraction of sp³-hybridized carbons (Fsp3) is 0.500. The molecule has 1 aromatic heterocycles. The first kappa shape index (κ1) is 12.9. The Labute approximate surface area is 107 Å². The highest BCUT2D eigenvalue weighted by Crippen LogP contribution is 2.26. The van der Waals surface area contributed by atoms with E-state index in [0.29, 0.717) is 0 Å². The minimum Gasteiger partial charge on any atom is -0.396 e. The highest BCUT2D eigenvalue weighted by atomic mass is 16.3.